The smallest absolute Gasteiger partial charge is 0.312 e. The first-order valence-electron chi connectivity index (χ1n) is 9.53. The average molecular weight is 421 g/mol. The van der Waals surface area contributed by atoms with Gasteiger partial charge in [0.2, 0.25) is 0 Å². The third-order valence-electron chi connectivity index (χ3n) is 4.45. The summed E-state index contributed by atoms with van der Waals surface area (Å²) in [5.41, 5.74) is 1.84. The topological polar surface area (TPSA) is 82.9 Å². The standard InChI is InChI=1S/C21H22N6O2P/c1-21(30)14-23-27-15-22-19(24-20(27)25-21)17-7-10-26(11-8-17)12-9-18(28)29-13-16-5-3-2-4-6-16/h2-8,10-11,14-15H,9,12-13,30H2,1H3/q+1. The zero-order valence-corrected chi connectivity index (χ0v) is 17.7. The van der Waals surface area contributed by atoms with Crippen molar-refractivity contribution in [2.45, 2.75) is 31.8 Å². The van der Waals surface area contributed by atoms with Crippen LogP contribution < -0.4 is 4.57 Å². The Labute approximate surface area is 176 Å². The summed E-state index contributed by atoms with van der Waals surface area (Å²) >= 11 is 0. The molecule has 1 aromatic carbocycles. The zero-order chi connectivity index (χ0) is 21.0. The van der Waals surface area contributed by atoms with E-state index in [0.29, 0.717) is 31.4 Å². The predicted octanol–water partition coefficient (Wildman–Crippen LogP) is 2.14. The molecule has 0 saturated heterocycles. The van der Waals surface area contributed by atoms with Crippen LogP contribution in [0.4, 0.5) is 0 Å². The maximum Gasteiger partial charge on any atom is 0.312 e. The number of pyridine rings is 1. The van der Waals surface area contributed by atoms with Crippen LogP contribution in [0.1, 0.15) is 24.5 Å². The maximum atomic E-state index is 12.0. The van der Waals surface area contributed by atoms with Crippen molar-refractivity contribution >= 4 is 39.6 Å². The molecule has 2 aliphatic heterocycles. The van der Waals surface area contributed by atoms with Crippen molar-refractivity contribution in [2.24, 2.45) is 20.1 Å². The summed E-state index contributed by atoms with van der Waals surface area (Å²) in [4.78, 5) is 25.4. The van der Waals surface area contributed by atoms with E-state index in [4.69, 9.17) is 4.74 Å². The summed E-state index contributed by atoms with van der Waals surface area (Å²) in [5.74, 6) is 0.836. The van der Waals surface area contributed by atoms with Gasteiger partial charge in [0.05, 0.1) is 6.21 Å². The molecular formula is C21H22N6O2P+. The van der Waals surface area contributed by atoms with Gasteiger partial charge in [-0.05, 0) is 12.5 Å². The van der Waals surface area contributed by atoms with Crippen LogP contribution in [-0.4, -0.2) is 40.6 Å². The molecule has 1 aromatic heterocycles. The molecule has 30 heavy (non-hydrogen) atoms. The lowest BCUT2D eigenvalue weighted by molar-refractivity contribution is -0.696. The lowest BCUT2D eigenvalue weighted by atomic mass is 10.2. The fraction of sp³-hybridized carbons (Fsp3) is 0.238. The van der Waals surface area contributed by atoms with E-state index < -0.39 is 5.28 Å². The van der Waals surface area contributed by atoms with Crippen molar-refractivity contribution in [3.8, 4) is 0 Å². The minimum absolute atomic E-state index is 0.229. The molecule has 9 heteroatoms. The number of amidine groups is 1. The van der Waals surface area contributed by atoms with Crippen molar-refractivity contribution < 1.29 is 14.1 Å². The number of aliphatic imine (C=N–C) groups is 3. The van der Waals surface area contributed by atoms with Gasteiger partial charge in [-0.1, -0.05) is 30.3 Å². The number of ether oxygens (including phenoxy) is 1. The van der Waals surface area contributed by atoms with Crippen LogP contribution in [0.2, 0.25) is 0 Å². The van der Waals surface area contributed by atoms with Crippen LogP contribution in [0.15, 0.2) is 74.9 Å². The number of fused-ring (bicyclic) bond motifs is 1. The zero-order valence-electron chi connectivity index (χ0n) is 16.5. The van der Waals surface area contributed by atoms with E-state index in [1.807, 2.05) is 66.3 Å². The van der Waals surface area contributed by atoms with Crippen LogP contribution in [0, 0.1) is 0 Å². The number of rotatable bonds is 6. The average Bonchev–Trinajstić information content (AvgIpc) is 2.76. The number of hydrogen-bond acceptors (Lipinski definition) is 7. The fourth-order valence-corrected chi connectivity index (χ4v) is 3.02. The lowest BCUT2D eigenvalue weighted by Crippen LogP contribution is -2.36. The van der Waals surface area contributed by atoms with Crippen LogP contribution >= 0.6 is 9.24 Å². The number of hydrogen-bond donors (Lipinski definition) is 0. The van der Waals surface area contributed by atoms with Gasteiger partial charge in [-0.3, -0.25) is 4.79 Å². The van der Waals surface area contributed by atoms with Gasteiger partial charge in [0.15, 0.2) is 24.8 Å². The summed E-state index contributed by atoms with van der Waals surface area (Å²) in [6.45, 7) is 2.76. The highest BCUT2D eigenvalue weighted by Crippen LogP contribution is 2.22. The van der Waals surface area contributed by atoms with E-state index in [2.05, 4.69) is 29.3 Å². The third kappa shape index (κ3) is 5.02. The number of hydrazone groups is 1. The quantitative estimate of drug-likeness (QED) is 0.407. The van der Waals surface area contributed by atoms with Gasteiger partial charge in [0, 0.05) is 17.7 Å². The van der Waals surface area contributed by atoms with Crippen LogP contribution in [-0.2, 0) is 22.7 Å². The molecule has 2 atom stereocenters. The first-order chi connectivity index (χ1) is 14.5. The van der Waals surface area contributed by atoms with Crippen LogP contribution in [0.25, 0.3) is 0 Å². The summed E-state index contributed by atoms with van der Waals surface area (Å²) in [6.07, 6.45) is 7.41. The molecule has 0 aliphatic carbocycles. The summed E-state index contributed by atoms with van der Waals surface area (Å²) in [6, 6.07) is 13.5. The molecule has 0 saturated carbocycles. The number of aryl methyl sites for hydroxylation is 1. The minimum Gasteiger partial charge on any atom is -0.461 e. The summed E-state index contributed by atoms with van der Waals surface area (Å²) in [7, 11) is 2.64. The van der Waals surface area contributed by atoms with Gasteiger partial charge in [-0.2, -0.15) is 15.1 Å². The van der Waals surface area contributed by atoms with Crippen molar-refractivity contribution in [1.82, 2.24) is 5.01 Å². The minimum atomic E-state index is -0.472. The highest BCUT2D eigenvalue weighted by Gasteiger charge is 2.25. The largest absolute Gasteiger partial charge is 0.461 e. The number of aromatic nitrogens is 1. The monoisotopic (exact) mass is 421 g/mol. The molecule has 2 aromatic rings. The second-order valence-corrected chi connectivity index (χ2v) is 8.30. The van der Waals surface area contributed by atoms with E-state index >= 15 is 0 Å². The molecule has 0 radical (unpaired) electrons. The van der Waals surface area contributed by atoms with E-state index in [-0.39, 0.29) is 5.97 Å². The molecule has 2 unspecified atom stereocenters. The Bertz CT molecular complexity index is 1040. The summed E-state index contributed by atoms with van der Waals surface area (Å²) in [5, 5.41) is 5.34. The van der Waals surface area contributed by atoms with Crippen molar-refractivity contribution in [1.29, 1.82) is 0 Å². The Balaban J connectivity index is 1.33. The van der Waals surface area contributed by atoms with Crippen LogP contribution in [0.3, 0.4) is 0 Å². The van der Waals surface area contributed by atoms with E-state index in [1.165, 1.54) is 0 Å². The Morgan fingerprint density at radius 1 is 1.20 bits per heavy atom. The highest BCUT2D eigenvalue weighted by atomic mass is 31.0. The van der Waals surface area contributed by atoms with Gasteiger partial charge >= 0.3 is 5.97 Å². The van der Waals surface area contributed by atoms with Gasteiger partial charge in [-0.25, -0.2) is 14.6 Å². The van der Waals surface area contributed by atoms with E-state index in [9.17, 15) is 4.79 Å². The van der Waals surface area contributed by atoms with Crippen molar-refractivity contribution in [3.63, 3.8) is 0 Å². The fourth-order valence-electron chi connectivity index (χ4n) is 2.84. The molecule has 0 N–H and O–H groups in total. The molecule has 0 spiro atoms. The molecule has 3 heterocycles. The van der Waals surface area contributed by atoms with Crippen molar-refractivity contribution in [3.05, 3.63) is 66.0 Å². The SMILES string of the molecule is CC1(P)C=NN2C=NC(c3cc[n+](CCC(=O)OCc4ccccc4)cc3)=NC2=N1. The first kappa shape index (κ1) is 20.0. The number of carbonyl (C=O) groups is 1. The van der Waals surface area contributed by atoms with E-state index in [1.54, 1.807) is 17.6 Å². The predicted molar refractivity (Wildman–Crippen MR) is 118 cm³/mol. The Kier molecular flexibility index (Phi) is 5.77. The Hall–Kier alpha value is -3.25. The molecule has 2 aliphatic rings. The molecule has 0 fully saturated rings. The number of carbonyl (C=O) groups excluding carboxylic acids is 1. The molecule has 0 amide bonds. The lowest BCUT2D eigenvalue weighted by Gasteiger charge is -2.26. The van der Waals surface area contributed by atoms with Gasteiger partial charge in [0.1, 0.15) is 24.6 Å². The molecule has 0 bridgehead atoms. The normalized spacial score (nSPS) is 19.7. The van der Waals surface area contributed by atoms with Crippen molar-refractivity contribution in [2.75, 3.05) is 0 Å². The maximum absolute atomic E-state index is 12.0. The van der Waals surface area contributed by atoms with Gasteiger partial charge in [-0.15, -0.1) is 9.24 Å². The summed E-state index contributed by atoms with van der Waals surface area (Å²) < 4.78 is 7.24. The third-order valence-corrected chi connectivity index (χ3v) is 4.73. The Morgan fingerprint density at radius 3 is 2.73 bits per heavy atom. The van der Waals surface area contributed by atoms with Gasteiger partial charge in [0.25, 0.3) is 5.96 Å². The second kappa shape index (κ2) is 8.63. The van der Waals surface area contributed by atoms with Crippen LogP contribution in [0.5, 0.6) is 0 Å². The molecule has 152 valence electrons. The highest BCUT2D eigenvalue weighted by molar-refractivity contribution is 7.20. The number of guanidine groups is 1. The second-order valence-electron chi connectivity index (χ2n) is 7.13. The molecule has 4 rings (SSSR count). The first-order valence-corrected chi connectivity index (χ1v) is 10.1. The number of benzene rings is 1. The number of nitrogens with zero attached hydrogens (tertiary/aromatic N) is 6. The van der Waals surface area contributed by atoms with E-state index in [0.717, 1.165) is 11.1 Å². The number of esters is 1. The van der Waals surface area contributed by atoms with Gasteiger partial charge < -0.3 is 4.74 Å². The molecule has 8 nitrogen and oxygen atoms in total. The Morgan fingerprint density at radius 2 is 1.97 bits per heavy atom. The molecular weight excluding hydrogens is 399 g/mol.